The van der Waals surface area contributed by atoms with E-state index in [9.17, 15) is 13.2 Å². The standard InChI is InChI=1S/C29H31F3N4O/c1-18-9-10-19(2)25-27(34-17-35-28(25)36-21(18)4)33-16-15-22-11-13-23(14-12-22)37-26-20(3)7-5-6-8-24(26)29(30,31)32/h5-6,8,11-14,17,26H,3,7,9-10,15-16H2,1-2,4H3,(H,33,34,35,36). The number of alkyl halides is 3. The van der Waals surface area contributed by atoms with E-state index in [-0.39, 0.29) is 0 Å². The quantitative estimate of drug-likeness (QED) is 0.504. The molecule has 194 valence electrons. The van der Waals surface area contributed by atoms with Crippen LogP contribution in [0.2, 0.25) is 0 Å². The third-order valence-corrected chi connectivity index (χ3v) is 6.68. The molecule has 0 saturated heterocycles. The topological polar surface area (TPSA) is 59.4 Å². The van der Waals surface area contributed by atoms with Gasteiger partial charge in [-0.2, -0.15) is 13.2 Å². The number of ether oxygens (including phenoxy) is 1. The van der Waals surface area contributed by atoms with Gasteiger partial charge in [-0.15, -0.1) is 0 Å². The van der Waals surface area contributed by atoms with Crippen molar-refractivity contribution < 1.29 is 17.9 Å². The van der Waals surface area contributed by atoms with Gasteiger partial charge in [0.05, 0.1) is 10.8 Å². The first kappa shape index (κ1) is 26.4. The summed E-state index contributed by atoms with van der Waals surface area (Å²) in [5, 5.41) is 4.36. The summed E-state index contributed by atoms with van der Waals surface area (Å²) in [6, 6.07) is 7.12. The average Bonchev–Trinajstić information content (AvgIpc) is 3.04. The summed E-state index contributed by atoms with van der Waals surface area (Å²) < 4.78 is 46.4. The Bertz CT molecular complexity index is 1390. The van der Waals surface area contributed by atoms with E-state index in [2.05, 4.69) is 35.7 Å². The maximum atomic E-state index is 13.6. The number of aromatic nitrogens is 2. The van der Waals surface area contributed by atoms with E-state index in [0.717, 1.165) is 41.2 Å². The van der Waals surface area contributed by atoms with E-state index in [0.29, 0.717) is 36.2 Å². The Hall–Kier alpha value is -3.68. The second-order valence-corrected chi connectivity index (χ2v) is 9.41. The van der Waals surface area contributed by atoms with Crippen LogP contribution in [0.15, 0.2) is 82.8 Å². The number of anilines is 1. The molecule has 0 spiro atoms. The van der Waals surface area contributed by atoms with Gasteiger partial charge in [0, 0.05) is 12.2 Å². The number of nitrogens with zero attached hydrogens (tertiary/aromatic N) is 3. The van der Waals surface area contributed by atoms with E-state index in [4.69, 9.17) is 9.73 Å². The number of hydrogen-bond acceptors (Lipinski definition) is 5. The first-order valence-electron chi connectivity index (χ1n) is 12.3. The van der Waals surface area contributed by atoms with E-state index in [1.54, 1.807) is 18.2 Å². The fourth-order valence-electron chi connectivity index (χ4n) is 4.31. The number of hydrogen-bond donors (Lipinski definition) is 1. The number of allylic oxidation sites excluding steroid dienone is 5. The summed E-state index contributed by atoms with van der Waals surface area (Å²) in [5.74, 6) is 1.12. The fourth-order valence-corrected chi connectivity index (χ4v) is 4.31. The molecule has 0 amide bonds. The van der Waals surface area contributed by atoms with Gasteiger partial charge in [0.1, 0.15) is 24.0 Å². The van der Waals surface area contributed by atoms with Gasteiger partial charge in [-0.1, -0.05) is 48.1 Å². The van der Waals surface area contributed by atoms with Crippen LogP contribution in [0.25, 0.3) is 5.57 Å². The number of halogens is 3. The molecule has 8 heteroatoms. The molecular formula is C29H31F3N4O. The minimum atomic E-state index is -4.50. The van der Waals surface area contributed by atoms with E-state index in [1.807, 2.05) is 19.1 Å². The molecule has 0 radical (unpaired) electrons. The van der Waals surface area contributed by atoms with Crippen molar-refractivity contribution in [3.63, 3.8) is 0 Å². The summed E-state index contributed by atoms with van der Waals surface area (Å²) in [4.78, 5) is 13.6. The number of benzene rings is 1. The van der Waals surface area contributed by atoms with Crippen molar-refractivity contribution in [2.24, 2.45) is 4.99 Å². The molecule has 37 heavy (non-hydrogen) atoms. The lowest BCUT2D eigenvalue weighted by molar-refractivity contribution is -0.101. The lowest BCUT2D eigenvalue weighted by Crippen LogP contribution is -2.35. The van der Waals surface area contributed by atoms with Crippen molar-refractivity contribution in [1.29, 1.82) is 0 Å². The van der Waals surface area contributed by atoms with Gasteiger partial charge < -0.3 is 10.1 Å². The minimum Gasteiger partial charge on any atom is -0.481 e. The Balaban J connectivity index is 1.44. The van der Waals surface area contributed by atoms with Gasteiger partial charge in [0.25, 0.3) is 0 Å². The average molecular weight is 509 g/mol. The second-order valence-electron chi connectivity index (χ2n) is 9.41. The molecule has 1 N–H and O–H groups in total. The van der Waals surface area contributed by atoms with E-state index in [1.165, 1.54) is 23.5 Å². The molecule has 1 aliphatic heterocycles. The molecule has 0 fully saturated rings. The molecule has 2 heterocycles. The third-order valence-electron chi connectivity index (χ3n) is 6.68. The van der Waals surface area contributed by atoms with Gasteiger partial charge in [0.15, 0.2) is 5.49 Å². The first-order chi connectivity index (χ1) is 17.6. The molecule has 4 rings (SSSR count). The molecular weight excluding hydrogens is 477 g/mol. The zero-order valence-electron chi connectivity index (χ0n) is 21.3. The Morgan fingerprint density at radius 2 is 1.78 bits per heavy atom. The normalized spacial score (nSPS) is 18.3. The summed E-state index contributed by atoms with van der Waals surface area (Å²) in [6.45, 7) is 10.6. The van der Waals surface area contributed by atoms with Crippen LogP contribution < -0.4 is 20.8 Å². The molecule has 0 bridgehead atoms. The monoisotopic (exact) mass is 508 g/mol. The van der Waals surface area contributed by atoms with E-state index >= 15 is 0 Å². The van der Waals surface area contributed by atoms with Crippen LogP contribution >= 0.6 is 0 Å². The predicted octanol–water partition coefficient (Wildman–Crippen LogP) is 5.76. The predicted molar refractivity (Wildman–Crippen MR) is 140 cm³/mol. The molecule has 2 aromatic rings. The van der Waals surface area contributed by atoms with Crippen LogP contribution in [-0.4, -0.2) is 28.8 Å². The molecule has 1 aromatic heterocycles. The molecule has 1 atom stereocenters. The highest BCUT2D eigenvalue weighted by Gasteiger charge is 2.41. The van der Waals surface area contributed by atoms with E-state index < -0.39 is 17.9 Å². The fraction of sp³-hybridized carbons (Fsp3) is 0.345. The van der Waals surface area contributed by atoms with Crippen molar-refractivity contribution in [1.82, 2.24) is 9.97 Å². The second kappa shape index (κ2) is 11.2. The van der Waals surface area contributed by atoms with Gasteiger partial charge >= 0.3 is 6.18 Å². The van der Waals surface area contributed by atoms with Gasteiger partial charge in [-0.3, -0.25) is 0 Å². The van der Waals surface area contributed by atoms with Crippen LogP contribution in [0.5, 0.6) is 5.75 Å². The van der Waals surface area contributed by atoms with Crippen LogP contribution in [0.3, 0.4) is 0 Å². The SMILES string of the molecule is C=C1CC=CC=C(C(F)(F)F)C1Oc1ccc(CCNc2ncnc3c2=C(C)CCC(C)=C(C)N=3)cc1. The lowest BCUT2D eigenvalue weighted by Gasteiger charge is -2.24. The largest absolute Gasteiger partial charge is 0.481 e. The highest BCUT2D eigenvalue weighted by atomic mass is 19.4. The molecule has 0 saturated carbocycles. The zero-order chi connectivity index (χ0) is 26.6. The molecule has 1 unspecified atom stereocenters. The number of rotatable bonds is 6. The Morgan fingerprint density at radius 1 is 1.05 bits per heavy atom. The highest BCUT2D eigenvalue weighted by molar-refractivity contribution is 5.51. The van der Waals surface area contributed by atoms with Crippen molar-refractivity contribution in [2.75, 3.05) is 11.9 Å². The maximum absolute atomic E-state index is 13.6. The van der Waals surface area contributed by atoms with Gasteiger partial charge in [0.2, 0.25) is 0 Å². The smallest absolute Gasteiger partial charge is 0.416 e. The number of nitrogens with one attached hydrogen (secondary N) is 1. The van der Waals surface area contributed by atoms with Gasteiger partial charge in [-0.25, -0.2) is 15.0 Å². The Labute approximate surface area is 214 Å². The molecule has 1 aliphatic carbocycles. The van der Waals surface area contributed by atoms with Crippen LogP contribution in [0.4, 0.5) is 19.0 Å². The molecule has 2 aliphatic rings. The first-order valence-corrected chi connectivity index (χ1v) is 12.3. The Kier molecular flexibility index (Phi) is 7.95. The van der Waals surface area contributed by atoms with Gasteiger partial charge in [-0.05, 0) is 69.7 Å². The minimum absolute atomic E-state index is 0.330. The highest BCUT2D eigenvalue weighted by Crippen LogP contribution is 2.35. The number of fused-ring (bicyclic) bond motifs is 1. The van der Waals surface area contributed by atoms with Crippen molar-refractivity contribution >= 4 is 11.4 Å². The molecule has 1 aromatic carbocycles. The lowest BCUT2D eigenvalue weighted by atomic mass is 10.0. The summed E-state index contributed by atoms with van der Waals surface area (Å²) in [5.41, 5.74) is 4.75. The van der Waals surface area contributed by atoms with Crippen molar-refractivity contribution in [3.8, 4) is 5.75 Å². The van der Waals surface area contributed by atoms with Crippen LogP contribution in [0.1, 0.15) is 45.6 Å². The summed E-state index contributed by atoms with van der Waals surface area (Å²) in [7, 11) is 0. The molecule has 5 nitrogen and oxygen atoms in total. The van der Waals surface area contributed by atoms with Crippen LogP contribution in [0, 0.1) is 0 Å². The maximum Gasteiger partial charge on any atom is 0.416 e. The zero-order valence-corrected chi connectivity index (χ0v) is 21.3. The summed E-state index contributed by atoms with van der Waals surface area (Å²) in [6.07, 6.45) is 2.79. The van der Waals surface area contributed by atoms with Crippen molar-refractivity contribution in [3.05, 3.63) is 94.1 Å². The summed E-state index contributed by atoms with van der Waals surface area (Å²) >= 11 is 0. The third kappa shape index (κ3) is 6.37. The van der Waals surface area contributed by atoms with Crippen LogP contribution in [-0.2, 0) is 6.42 Å². The van der Waals surface area contributed by atoms with Crippen molar-refractivity contribution in [2.45, 2.75) is 58.7 Å². The Morgan fingerprint density at radius 3 is 2.51 bits per heavy atom.